The number of fused-ring (bicyclic) bond motifs is 2. The van der Waals surface area contributed by atoms with E-state index in [0.29, 0.717) is 0 Å². The van der Waals surface area contributed by atoms with Crippen LogP contribution in [0.5, 0.6) is 0 Å². The third kappa shape index (κ3) is 3.45. The maximum Gasteiger partial charge on any atom is 0.188 e. The van der Waals surface area contributed by atoms with Gasteiger partial charge in [-0.3, -0.25) is 9.59 Å². The monoisotopic (exact) mass is 390 g/mol. The summed E-state index contributed by atoms with van der Waals surface area (Å²) in [6.45, 7) is 1.63. The molecule has 0 amide bonds. The van der Waals surface area contributed by atoms with Gasteiger partial charge in [0.05, 0.1) is 27.5 Å². The number of hydrogen-bond donors (Lipinski definition) is 3. The molecule has 6 heteroatoms. The summed E-state index contributed by atoms with van der Waals surface area (Å²) in [6.07, 6.45) is 12.3. The molecule has 2 aromatic heterocycles. The van der Waals surface area contributed by atoms with Gasteiger partial charge in [-0.1, -0.05) is 6.08 Å². The van der Waals surface area contributed by atoms with E-state index < -0.39 is 0 Å². The van der Waals surface area contributed by atoms with Crippen LogP contribution >= 0.6 is 0 Å². The Morgan fingerprint density at radius 2 is 1.83 bits per heavy atom. The molecule has 0 fully saturated rings. The number of ketones is 2. The van der Waals surface area contributed by atoms with Gasteiger partial charge in [0.15, 0.2) is 11.6 Å². The third-order valence-corrected chi connectivity index (χ3v) is 5.49. The number of likely N-dealkylation sites (N-methyl/N-ethyl adjacent to an activating group) is 2. The normalized spacial score (nSPS) is 17.0. The van der Waals surface area contributed by atoms with Crippen molar-refractivity contribution in [1.82, 2.24) is 20.2 Å². The molecule has 4 rings (SSSR count). The minimum atomic E-state index is 0.0194. The van der Waals surface area contributed by atoms with Gasteiger partial charge in [0, 0.05) is 18.3 Å². The molecule has 2 aromatic rings. The minimum Gasteiger partial charge on any atom is -0.360 e. The van der Waals surface area contributed by atoms with Gasteiger partial charge in [0.25, 0.3) is 0 Å². The zero-order valence-electron chi connectivity index (χ0n) is 17.1. The Labute approximate surface area is 169 Å². The number of carbonyl (C=O) groups excluding carboxylic acids is 2. The summed E-state index contributed by atoms with van der Waals surface area (Å²) >= 11 is 0. The molecule has 2 aliphatic rings. The lowest BCUT2D eigenvalue weighted by Gasteiger charge is -2.13. The van der Waals surface area contributed by atoms with Crippen LogP contribution < -0.4 is 16.0 Å². The van der Waals surface area contributed by atoms with Crippen LogP contribution in [0.3, 0.4) is 0 Å². The minimum absolute atomic E-state index is 0.0194. The third-order valence-electron chi connectivity index (χ3n) is 5.49. The second kappa shape index (κ2) is 7.81. The lowest BCUT2D eigenvalue weighted by atomic mass is 9.92. The average Bonchev–Trinajstić information content (AvgIpc) is 3.28. The molecule has 150 valence electrons. The topological polar surface area (TPSA) is 81.0 Å². The molecule has 0 radical (unpaired) electrons. The Hall–Kier alpha value is -2.96. The quantitative estimate of drug-likeness (QED) is 0.678. The number of allylic oxidation sites excluding steroid dienone is 4. The van der Waals surface area contributed by atoms with Gasteiger partial charge in [0.1, 0.15) is 0 Å². The summed E-state index contributed by atoms with van der Waals surface area (Å²) in [5.41, 5.74) is 5.25. The highest BCUT2D eigenvalue weighted by molar-refractivity contribution is 6.13. The number of hydrogen-bond acceptors (Lipinski definition) is 4. The summed E-state index contributed by atoms with van der Waals surface area (Å²) in [5.74, 6) is 0.0436. The van der Waals surface area contributed by atoms with E-state index in [0.717, 1.165) is 70.2 Å². The molecule has 0 unspecified atom stereocenters. The number of nitrogens with one attached hydrogen (secondary N) is 3. The molecule has 0 atom stereocenters. The Kier molecular flexibility index (Phi) is 5.22. The highest BCUT2D eigenvalue weighted by Crippen LogP contribution is 2.27. The molecule has 0 saturated heterocycles. The molecule has 3 N–H and O–H groups in total. The summed E-state index contributed by atoms with van der Waals surface area (Å²) in [4.78, 5) is 34.1. The van der Waals surface area contributed by atoms with Gasteiger partial charge < -0.3 is 20.2 Å². The molecule has 0 aromatic carbocycles. The van der Waals surface area contributed by atoms with Crippen LogP contribution in [-0.2, 0) is 12.8 Å². The van der Waals surface area contributed by atoms with E-state index in [1.807, 2.05) is 39.5 Å². The molecule has 0 spiro atoms. The lowest BCUT2D eigenvalue weighted by molar-refractivity contribution is 0.103. The lowest BCUT2D eigenvalue weighted by Crippen LogP contribution is -2.22. The molecule has 0 saturated carbocycles. The van der Waals surface area contributed by atoms with E-state index in [1.165, 1.54) is 0 Å². The van der Waals surface area contributed by atoms with E-state index in [4.69, 9.17) is 0 Å². The van der Waals surface area contributed by atoms with Gasteiger partial charge in [-0.15, -0.1) is 0 Å². The van der Waals surface area contributed by atoms with Gasteiger partial charge in [-0.25, -0.2) is 0 Å². The largest absolute Gasteiger partial charge is 0.360 e. The van der Waals surface area contributed by atoms with Crippen LogP contribution in [0.15, 0.2) is 30.5 Å². The van der Waals surface area contributed by atoms with Crippen LogP contribution in [-0.4, -0.2) is 60.7 Å². The average molecular weight is 390 g/mol. The summed E-state index contributed by atoms with van der Waals surface area (Å²) in [7, 11) is 5.95. The van der Waals surface area contributed by atoms with Gasteiger partial charge in [-0.2, -0.15) is 0 Å². The summed E-state index contributed by atoms with van der Waals surface area (Å²) < 4.78 is 0. The van der Waals surface area contributed by atoms with Crippen LogP contribution in [0, 0.1) is 0 Å². The van der Waals surface area contributed by atoms with E-state index in [1.54, 1.807) is 18.2 Å². The van der Waals surface area contributed by atoms with Crippen molar-refractivity contribution in [3.05, 3.63) is 69.1 Å². The number of carbonyl (C=O) groups is 2. The predicted octanol–water partition coefficient (Wildman–Crippen LogP) is 0.693. The molecule has 6 nitrogen and oxygen atoms in total. The van der Waals surface area contributed by atoms with Crippen molar-refractivity contribution in [2.45, 2.75) is 12.8 Å². The second-order valence-electron chi connectivity index (χ2n) is 7.74. The first-order valence-corrected chi connectivity index (χ1v) is 9.91. The Balaban J connectivity index is 1.93. The smallest absolute Gasteiger partial charge is 0.188 e. The number of H-pyrrole nitrogens is 2. The standard InChI is InChI=1S/C23H26N4O2/c1-24-11-9-15-21-17(5-4-6-18(21)28)26-22(15)16-7-8-19(29)20-14(10-12-27(2)3)13-25-23(16)20/h4-8,13,24-26H,9-12H2,1-3H3. The van der Waals surface area contributed by atoms with Crippen LogP contribution in [0.25, 0.3) is 11.6 Å². The fourth-order valence-corrected chi connectivity index (χ4v) is 4.04. The number of aromatic amines is 2. The Morgan fingerprint density at radius 3 is 2.59 bits per heavy atom. The highest BCUT2D eigenvalue weighted by Gasteiger charge is 2.25. The zero-order chi connectivity index (χ0) is 20.5. The number of aromatic nitrogens is 2. The maximum atomic E-state index is 12.7. The van der Waals surface area contributed by atoms with Crippen molar-refractivity contribution < 1.29 is 9.59 Å². The van der Waals surface area contributed by atoms with Crippen molar-refractivity contribution in [3.8, 4) is 0 Å². The molecule has 2 heterocycles. The molecule has 2 aliphatic carbocycles. The molecule has 0 aliphatic heterocycles. The summed E-state index contributed by atoms with van der Waals surface area (Å²) in [5, 5.41) is 4.91. The van der Waals surface area contributed by atoms with Gasteiger partial charge in [-0.05, 0) is 76.0 Å². The van der Waals surface area contributed by atoms with Crippen molar-refractivity contribution in [2.75, 3.05) is 34.2 Å². The maximum absolute atomic E-state index is 12.7. The molecule has 29 heavy (non-hydrogen) atoms. The van der Waals surface area contributed by atoms with Gasteiger partial charge in [0.2, 0.25) is 0 Å². The van der Waals surface area contributed by atoms with E-state index in [9.17, 15) is 9.59 Å². The highest BCUT2D eigenvalue weighted by atomic mass is 16.1. The van der Waals surface area contributed by atoms with Gasteiger partial charge >= 0.3 is 0 Å². The van der Waals surface area contributed by atoms with Crippen LogP contribution in [0.1, 0.15) is 37.5 Å². The fourth-order valence-electron chi connectivity index (χ4n) is 4.04. The summed E-state index contributed by atoms with van der Waals surface area (Å²) in [6, 6.07) is 0. The first-order valence-electron chi connectivity index (χ1n) is 9.91. The van der Waals surface area contributed by atoms with E-state index in [-0.39, 0.29) is 11.6 Å². The van der Waals surface area contributed by atoms with Crippen LogP contribution in [0.2, 0.25) is 0 Å². The van der Waals surface area contributed by atoms with Crippen molar-refractivity contribution in [3.63, 3.8) is 0 Å². The number of rotatable bonds is 6. The fraction of sp³-hybridized carbons (Fsp3) is 0.304. The first kappa shape index (κ1) is 19.4. The number of nitrogens with zero attached hydrogens (tertiary/aromatic N) is 1. The Bertz CT molecular complexity index is 1160. The first-order chi connectivity index (χ1) is 14.0. The molecule has 0 bridgehead atoms. The molecular weight excluding hydrogens is 364 g/mol. The van der Waals surface area contributed by atoms with E-state index in [2.05, 4.69) is 20.2 Å². The van der Waals surface area contributed by atoms with Crippen LogP contribution in [0.4, 0.5) is 0 Å². The van der Waals surface area contributed by atoms with Crippen molar-refractivity contribution in [2.24, 2.45) is 0 Å². The van der Waals surface area contributed by atoms with E-state index >= 15 is 0 Å². The van der Waals surface area contributed by atoms with Crippen molar-refractivity contribution in [1.29, 1.82) is 0 Å². The van der Waals surface area contributed by atoms with Crippen molar-refractivity contribution >= 4 is 23.2 Å². The zero-order valence-corrected chi connectivity index (χ0v) is 17.1. The SMILES string of the molecule is CNCCc1c2c([nH]c1=C1C=CC(=O)c3c(CCN(C)C)c[nH]c31)=CC=CC2=O. The predicted molar refractivity (Wildman–Crippen MR) is 115 cm³/mol. The second-order valence-corrected chi connectivity index (χ2v) is 7.74. The Morgan fingerprint density at radius 1 is 1.03 bits per heavy atom. The molecular formula is C23H26N4O2.